The molecule has 0 unspecified atom stereocenters. The highest BCUT2D eigenvalue weighted by molar-refractivity contribution is 9.10. The van der Waals surface area contributed by atoms with E-state index in [0.717, 1.165) is 15.6 Å². The molecule has 0 saturated carbocycles. The van der Waals surface area contributed by atoms with Gasteiger partial charge < -0.3 is 15.4 Å². The van der Waals surface area contributed by atoms with Crippen molar-refractivity contribution in [2.24, 2.45) is 0 Å². The van der Waals surface area contributed by atoms with E-state index in [4.69, 9.17) is 4.74 Å². The van der Waals surface area contributed by atoms with E-state index in [-0.39, 0.29) is 24.8 Å². The lowest BCUT2D eigenvalue weighted by atomic mass is 10.1. The molecule has 0 atom stereocenters. The van der Waals surface area contributed by atoms with E-state index in [0.29, 0.717) is 17.0 Å². The average Bonchev–Trinajstić information content (AvgIpc) is 2.73. The summed E-state index contributed by atoms with van der Waals surface area (Å²) in [5.41, 5.74) is 2.62. The molecule has 0 aliphatic carbocycles. The van der Waals surface area contributed by atoms with Crippen molar-refractivity contribution in [3.05, 3.63) is 94.0 Å². The van der Waals surface area contributed by atoms with Crippen molar-refractivity contribution in [3.8, 4) is 5.75 Å². The monoisotopic (exact) mass is 480 g/mol. The number of nitrogens with one attached hydrogen (secondary N) is 2. The second-order valence-corrected chi connectivity index (χ2v) is 7.73. The number of halogens is 1. The molecule has 158 valence electrons. The minimum absolute atomic E-state index is 0.117. The molecule has 3 aromatic rings. The molecule has 0 bridgehead atoms. The van der Waals surface area contributed by atoms with Gasteiger partial charge in [-0.2, -0.15) is 0 Å². The summed E-state index contributed by atoms with van der Waals surface area (Å²) in [6, 6.07) is 21.2. The van der Waals surface area contributed by atoms with Crippen LogP contribution in [0, 0.1) is 0 Å². The number of ether oxygens (including phenoxy) is 1. The zero-order valence-corrected chi connectivity index (χ0v) is 18.4. The number of anilines is 1. The molecule has 0 saturated heterocycles. The predicted octanol–water partition coefficient (Wildman–Crippen LogP) is 4.49. The highest BCUT2D eigenvalue weighted by Gasteiger charge is 2.12. The number of rotatable bonds is 7. The van der Waals surface area contributed by atoms with Crippen LogP contribution in [0.15, 0.2) is 77.3 Å². The molecular weight excluding hydrogens is 460 g/mol. The fourth-order valence-corrected chi connectivity index (χ4v) is 3.39. The molecule has 31 heavy (non-hydrogen) atoms. The van der Waals surface area contributed by atoms with Crippen molar-refractivity contribution in [1.29, 1.82) is 0 Å². The number of para-hydroxylation sites is 1. The summed E-state index contributed by atoms with van der Waals surface area (Å²) in [6.07, 6.45) is 0.261. The molecule has 0 aliphatic heterocycles. The van der Waals surface area contributed by atoms with Gasteiger partial charge in [0.25, 0.3) is 5.91 Å². The Kier molecular flexibility index (Phi) is 7.56. The molecular formula is C24H21BrN2O4. The van der Waals surface area contributed by atoms with Gasteiger partial charge in [0, 0.05) is 29.2 Å². The second kappa shape index (κ2) is 10.5. The maximum atomic E-state index is 12.7. The summed E-state index contributed by atoms with van der Waals surface area (Å²) in [5.74, 6) is -0.620. The molecule has 2 N–H and O–H groups in total. The van der Waals surface area contributed by atoms with Gasteiger partial charge in [-0.1, -0.05) is 52.3 Å². The molecule has 6 nitrogen and oxygen atoms in total. The minimum Gasteiger partial charge on any atom is -0.427 e. The SMILES string of the molecule is CC(=O)Oc1cccc(C(=O)Nc2ccccc2CNC(=O)Cc2cccc(Br)c2)c1. The molecule has 7 heteroatoms. The number of hydrogen-bond acceptors (Lipinski definition) is 4. The fraction of sp³-hybridized carbons (Fsp3) is 0.125. The first-order chi connectivity index (χ1) is 14.9. The van der Waals surface area contributed by atoms with Crippen molar-refractivity contribution >= 4 is 39.4 Å². The lowest BCUT2D eigenvalue weighted by Gasteiger charge is -2.13. The van der Waals surface area contributed by atoms with Gasteiger partial charge in [0.05, 0.1) is 6.42 Å². The van der Waals surface area contributed by atoms with Gasteiger partial charge in [-0.25, -0.2) is 0 Å². The van der Waals surface area contributed by atoms with Crippen LogP contribution in [0.1, 0.15) is 28.4 Å². The first-order valence-electron chi connectivity index (χ1n) is 9.59. The van der Waals surface area contributed by atoms with E-state index in [1.807, 2.05) is 36.4 Å². The Morgan fingerprint density at radius 3 is 2.48 bits per heavy atom. The van der Waals surface area contributed by atoms with Crippen LogP contribution in [-0.4, -0.2) is 17.8 Å². The Bertz CT molecular complexity index is 1110. The third kappa shape index (κ3) is 6.79. The normalized spacial score (nSPS) is 10.3. The van der Waals surface area contributed by atoms with E-state index in [1.165, 1.54) is 13.0 Å². The van der Waals surface area contributed by atoms with Gasteiger partial charge in [0.15, 0.2) is 0 Å². The van der Waals surface area contributed by atoms with Gasteiger partial charge in [0.1, 0.15) is 5.75 Å². The van der Waals surface area contributed by atoms with Crippen LogP contribution in [0.5, 0.6) is 5.75 Å². The Morgan fingerprint density at radius 1 is 0.935 bits per heavy atom. The molecule has 3 aromatic carbocycles. The van der Waals surface area contributed by atoms with Gasteiger partial charge in [-0.05, 0) is 47.5 Å². The van der Waals surface area contributed by atoms with Crippen molar-refractivity contribution in [1.82, 2.24) is 5.32 Å². The largest absolute Gasteiger partial charge is 0.427 e. The van der Waals surface area contributed by atoms with Crippen molar-refractivity contribution in [2.75, 3.05) is 5.32 Å². The molecule has 0 radical (unpaired) electrons. The van der Waals surface area contributed by atoms with Gasteiger partial charge in [-0.3, -0.25) is 14.4 Å². The summed E-state index contributed by atoms with van der Waals surface area (Å²) in [5, 5.41) is 5.74. The molecule has 0 fully saturated rings. The topological polar surface area (TPSA) is 84.5 Å². The number of esters is 1. The first-order valence-corrected chi connectivity index (χ1v) is 10.4. The molecule has 0 spiro atoms. The predicted molar refractivity (Wildman–Crippen MR) is 122 cm³/mol. The number of amides is 2. The lowest BCUT2D eigenvalue weighted by molar-refractivity contribution is -0.131. The van der Waals surface area contributed by atoms with E-state index >= 15 is 0 Å². The van der Waals surface area contributed by atoms with Gasteiger partial charge >= 0.3 is 5.97 Å². The van der Waals surface area contributed by atoms with Crippen LogP contribution in [0.25, 0.3) is 0 Å². The smallest absolute Gasteiger partial charge is 0.308 e. The van der Waals surface area contributed by atoms with Crippen LogP contribution < -0.4 is 15.4 Å². The molecule has 0 aliphatic rings. The van der Waals surface area contributed by atoms with Crippen LogP contribution in [0.2, 0.25) is 0 Å². The quantitative estimate of drug-likeness (QED) is 0.385. The summed E-state index contributed by atoms with van der Waals surface area (Å²) < 4.78 is 5.95. The summed E-state index contributed by atoms with van der Waals surface area (Å²) in [6.45, 7) is 1.57. The molecule has 2 amide bonds. The van der Waals surface area contributed by atoms with Crippen molar-refractivity contribution in [3.63, 3.8) is 0 Å². The number of carbonyl (C=O) groups excluding carboxylic acids is 3. The standard InChI is InChI=1S/C24H21BrN2O4/c1-16(28)31-21-10-5-8-18(14-21)24(30)27-22-11-3-2-7-19(22)15-26-23(29)13-17-6-4-9-20(25)12-17/h2-12,14H,13,15H2,1H3,(H,26,29)(H,27,30). The van der Waals surface area contributed by atoms with Gasteiger partial charge in [0.2, 0.25) is 5.91 Å². The second-order valence-electron chi connectivity index (χ2n) is 6.82. The Labute approximate surface area is 188 Å². The maximum Gasteiger partial charge on any atom is 0.308 e. The molecule has 0 heterocycles. The van der Waals surface area contributed by atoms with Crippen LogP contribution in [-0.2, 0) is 22.6 Å². The number of carbonyl (C=O) groups is 3. The van der Waals surface area contributed by atoms with Crippen LogP contribution in [0.4, 0.5) is 5.69 Å². The summed E-state index contributed by atoms with van der Waals surface area (Å²) in [7, 11) is 0. The third-order valence-corrected chi connectivity index (χ3v) is 4.85. The Hall–Kier alpha value is -3.45. The van der Waals surface area contributed by atoms with Crippen molar-refractivity contribution < 1.29 is 19.1 Å². The summed E-state index contributed by atoms with van der Waals surface area (Å²) >= 11 is 3.40. The summed E-state index contributed by atoms with van der Waals surface area (Å²) in [4.78, 5) is 36.1. The zero-order chi connectivity index (χ0) is 22.2. The van der Waals surface area contributed by atoms with E-state index in [2.05, 4.69) is 26.6 Å². The van der Waals surface area contributed by atoms with Gasteiger partial charge in [-0.15, -0.1) is 0 Å². The lowest BCUT2D eigenvalue weighted by Crippen LogP contribution is -2.25. The third-order valence-electron chi connectivity index (χ3n) is 4.35. The van der Waals surface area contributed by atoms with Crippen molar-refractivity contribution in [2.45, 2.75) is 19.9 Å². The first kappa shape index (κ1) is 22.2. The fourth-order valence-electron chi connectivity index (χ4n) is 2.95. The molecule has 0 aromatic heterocycles. The number of hydrogen-bond donors (Lipinski definition) is 2. The minimum atomic E-state index is -0.457. The highest BCUT2D eigenvalue weighted by atomic mass is 79.9. The van der Waals surface area contributed by atoms with Crippen LogP contribution >= 0.6 is 15.9 Å². The molecule has 3 rings (SSSR count). The average molecular weight is 481 g/mol. The Balaban J connectivity index is 1.64. The maximum absolute atomic E-state index is 12.7. The zero-order valence-electron chi connectivity index (χ0n) is 16.9. The van der Waals surface area contributed by atoms with E-state index < -0.39 is 5.97 Å². The van der Waals surface area contributed by atoms with Crippen LogP contribution in [0.3, 0.4) is 0 Å². The van der Waals surface area contributed by atoms with E-state index in [9.17, 15) is 14.4 Å². The highest BCUT2D eigenvalue weighted by Crippen LogP contribution is 2.19. The number of benzene rings is 3. The van der Waals surface area contributed by atoms with E-state index in [1.54, 1.807) is 30.3 Å². The Morgan fingerprint density at radius 2 is 1.71 bits per heavy atom.